The van der Waals surface area contributed by atoms with E-state index in [0.29, 0.717) is 29.8 Å². The molecule has 0 spiro atoms. The zero-order valence-electron chi connectivity index (χ0n) is 14.9. The average molecular weight is 392 g/mol. The third-order valence-corrected chi connectivity index (χ3v) is 3.63. The fraction of sp³-hybridized carbons (Fsp3) is 0.211. The lowest BCUT2D eigenvalue weighted by Gasteiger charge is -2.08. The molecule has 1 amide bonds. The lowest BCUT2D eigenvalue weighted by molar-refractivity contribution is -0.142. The van der Waals surface area contributed by atoms with Crippen molar-refractivity contribution >= 4 is 35.8 Å². The number of amides is 1. The lowest BCUT2D eigenvalue weighted by Crippen LogP contribution is -2.14. The zero-order chi connectivity index (χ0) is 18.9. The highest BCUT2D eigenvalue weighted by Crippen LogP contribution is 2.14. The summed E-state index contributed by atoms with van der Waals surface area (Å²) >= 11 is 0. The van der Waals surface area contributed by atoms with Crippen molar-refractivity contribution in [2.75, 3.05) is 19.0 Å². The summed E-state index contributed by atoms with van der Waals surface area (Å²) in [5, 5.41) is 10.1. The largest absolute Gasteiger partial charge is 0.482 e. The number of carbonyl (C=O) groups is 2. The molecule has 0 saturated heterocycles. The van der Waals surface area contributed by atoms with Crippen LogP contribution >= 0.6 is 12.4 Å². The standard InChI is InChI=1S/C19H21N3O4.ClH/c1-25-18(24)12-26-16-9-2-13(3-10-16)4-11-17(23)22-15-7-5-14(6-8-15)19(20)21;/h2-3,5-10H,4,11-12H2,1H3,(H3,20,21)(H,22,23);1H. The van der Waals surface area contributed by atoms with Crippen molar-refractivity contribution in [3.05, 3.63) is 59.7 Å². The average Bonchev–Trinajstić information content (AvgIpc) is 2.65. The maximum Gasteiger partial charge on any atom is 0.343 e. The number of nitrogen functional groups attached to an aromatic ring is 1. The van der Waals surface area contributed by atoms with Crippen LogP contribution in [0.4, 0.5) is 5.69 Å². The van der Waals surface area contributed by atoms with E-state index in [2.05, 4.69) is 10.1 Å². The summed E-state index contributed by atoms with van der Waals surface area (Å²) in [5.74, 6) is 0.00438. The molecule has 0 fully saturated rings. The predicted molar refractivity (Wildman–Crippen MR) is 106 cm³/mol. The van der Waals surface area contributed by atoms with Crippen molar-refractivity contribution in [2.45, 2.75) is 12.8 Å². The van der Waals surface area contributed by atoms with Crippen molar-refractivity contribution in [2.24, 2.45) is 5.73 Å². The Kier molecular flexibility index (Phi) is 8.81. The summed E-state index contributed by atoms with van der Waals surface area (Å²) in [4.78, 5) is 23.1. The Morgan fingerprint density at radius 3 is 2.26 bits per heavy atom. The Morgan fingerprint density at radius 1 is 1.07 bits per heavy atom. The first kappa shape index (κ1) is 22.0. The van der Waals surface area contributed by atoms with Gasteiger partial charge in [-0.05, 0) is 48.4 Å². The van der Waals surface area contributed by atoms with Crippen LogP contribution in [0.25, 0.3) is 0 Å². The number of carbonyl (C=O) groups excluding carboxylic acids is 2. The van der Waals surface area contributed by atoms with Gasteiger partial charge in [-0.2, -0.15) is 0 Å². The third kappa shape index (κ3) is 7.37. The van der Waals surface area contributed by atoms with Gasteiger partial charge in [0, 0.05) is 17.7 Å². The van der Waals surface area contributed by atoms with E-state index in [0.717, 1.165) is 5.56 Å². The van der Waals surface area contributed by atoms with Crippen LogP contribution in [0.5, 0.6) is 5.75 Å². The molecule has 0 unspecified atom stereocenters. The second-order valence-corrected chi connectivity index (χ2v) is 5.55. The number of nitrogens with one attached hydrogen (secondary N) is 2. The van der Waals surface area contributed by atoms with Crippen LogP contribution in [-0.4, -0.2) is 31.4 Å². The maximum absolute atomic E-state index is 12.0. The number of methoxy groups -OCH3 is 1. The Hall–Kier alpha value is -3.06. The number of ether oxygens (including phenoxy) is 2. The van der Waals surface area contributed by atoms with Gasteiger partial charge < -0.3 is 20.5 Å². The number of aryl methyl sites for hydroxylation is 1. The Labute approximate surface area is 163 Å². The van der Waals surface area contributed by atoms with Crippen molar-refractivity contribution in [1.82, 2.24) is 0 Å². The number of halogens is 1. The lowest BCUT2D eigenvalue weighted by atomic mass is 10.1. The summed E-state index contributed by atoms with van der Waals surface area (Å²) in [7, 11) is 1.30. The van der Waals surface area contributed by atoms with Crippen LogP contribution in [0.2, 0.25) is 0 Å². The minimum absolute atomic E-state index is 0. The van der Waals surface area contributed by atoms with E-state index in [-0.39, 0.29) is 30.8 Å². The number of hydrogen-bond donors (Lipinski definition) is 3. The molecule has 0 heterocycles. The van der Waals surface area contributed by atoms with Gasteiger partial charge in [-0.15, -0.1) is 12.4 Å². The highest BCUT2D eigenvalue weighted by molar-refractivity contribution is 5.96. The summed E-state index contributed by atoms with van der Waals surface area (Å²) in [6.07, 6.45) is 0.908. The van der Waals surface area contributed by atoms with Crippen molar-refractivity contribution in [3.63, 3.8) is 0 Å². The fourth-order valence-electron chi connectivity index (χ4n) is 2.17. The van der Waals surface area contributed by atoms with Gasteiger partial charge in [-0.3, -0.25) is 10.2 Å². The number of nitrogens with two attached hydrogens (primary N) is 1. The van der Waals surface area contributed by atoms with E-state index in [1.165, 1.54) is 7.11 Å². The molecular weight excluding hydrogens is 370 g/mol. The molecule has 27 heavy (non-hydrogen) atoms. The first-order valence-electron chi connectivity index (χ1n) is 8.01. The van der Waals surface area contributed by atoms with Gasteiger partial charge in [0.15, 0.2) is 6.61 Å². The number of rotatable bonds is 8. The SMILES string of the molecule is COC(=O)COc1ccc(CCC(=O)Nc2ccc(C(=N)N)cc2)cc1.Cl. The van der Waals surface area contributed by atoms with Crippen LogP contribution < -0.4 is 15.8 Å². The molecule has 0 aliphatic heterocycles. The molecule has 0 aliphatic rings. The molecule has 0 radical (unpaired) electrons. The number of benzene rings is 2. The van der Waals surface area contributed by atoms with Gasteiger partial charge in [0.25, 0.3) is 0 Å². The van der Waals surface area contributed by atoms with Crippen LogP contribution in [0, 0.1) is 5.41 Å². The first-order chi connectivity index (χ1) is 12.5. The molecule has 2 rings (SSSR count). The van der Waals surface area contributed by atoms with E-state index >= 15 is 0 Å². The van der Waals surface area contributed by atoms with Gasteiger partial charge in [0.2, 0.25) is 5.91 Å². The number of hydrogen-bond acceptors (Lipinski definition) is 5. The molecule has 0 aliphatic carbocycles. The third-order valence-electron chi connectivity index (χ3n) is 3.63. The molecule has 0 atom stereocenters. The predicted octanol–water partition coefficient (Wildman–Crippen LogP) is 2.52. The van der Waals surface area contributed by atoms with Gasteiger partial charge >= 0.3 is 5.97 Å². The Bertz CT molecular complexity index is 777. The molecule has 7 nitrogen and oxygen atoms in total. The summed E-state index contributed by atoms with van der Waals surface area (Å²) < 4.78 is 9.77. The monoisotopic (exact) mass is 391 g/mol. The van der Waals surface area contributed by atoms with Crippen molar-refractivity contribution < 1.29 is 19.1 Å². The molecular formula is C19H22ClN3O4. The minimum atomic E-state index is -0.443. The molecule has 2 aromatic carbocycles. The summed E-state index contributed by atoms with van der Waals surface area (Å²) in [6, 6.07) is 14.0. The normalized spacial score (nSPS) is 9.67. The second-order valence-electron chi connectivity index (χ2n) is 5.55. The van der Waals surface area contributed by atoms with E-state index in [9.17, 15) is 9.59 Å². The fourth-order valence-corrected chi connectivity index (χ4v) is 2.17. The Morgan fingerprint density at radius 2 is 1.70 bits per heavy atom. The van der Waals surface area contributed by atoms with Gasteiger partial charge in [0.05, 0.1) is 7.11 Å². The molecule has 0 saturated carbocycles. The molecule has 0 aromatic heterocycles. The Balaban J connectivity index is 0.00000364. The van der Waals surface area contributed by atoms with Crippen LogP contribution in [0.1, 0.15) is 17.5 Å². The summed E-state index contributed by atoms with van der Waals surface area (Å²) in [6.45, 7) is -0.138. The zero-order valence-corrected chi connectivity index (χ0v) is 15.7. The molecule has 4 N–H and O–H groups in total. The number of esters is 1. The molecule has 144 valence electrons. The van der Waals surface area contributed by atoms with Gasteiger partial charge in [-0.25, -0.2) is 4.79 Å². The van der Waals surface area contributed by atoms with E-state index in [1.807, 2.05) is 12.1 Å². The highest BCUT2D eigenvalue weighted by atomic mass is 35.5. The number of amidine groups is 1. The van der Waals surface area contributed by atoms with Crippen LogP contribution in [-0.2, 0) is 20.7 Å². The number of anilines is 1. The minimum Gasteiger partial charge on any atom is -0.482 e. The first-order valence-corrected chi connectivity index (χ1v) is 8.01. The van der Waals surface area contributed by atoms with Gasteiger partial charge in [-0.1, -0.05) is 12.1 Å². The molecule has 2 aromatic rings. The van der Waals surface area contributed by atoms with E-state index in [4.69, 9.17) is 15.9 Å². The molecule has 8 heteroatoms. The van der Waals surface area contributed by atoms with Crippen molar-refractivity contribution in [1.29, 1.82) is 5.41 Å². The van der Waals surface area contributed by atoms with Crippen LogP contribution in [0.3, 0.4) is 0 Å². The van der Waals surface area contributed by atoms with E-state index in [1.54, 1.807) is 36.4 Å². The molecule has 0 bridgehead atoms. The van der Waals surface area contributed by atoms with E-state index < -0.39 is 5.97 Å². The topological polar surface area (TPSA) is 114 Å². The summed E-state index contributed by atoms with van der Waals surface area (Å²) in [5.41, 5.74) is 7.64. The smallest absolute Gasteiger partial charge is 0.343 e. The quantitative estimate of drug-likeness (QED) is 0.363. The van der Waals surface area contributed by atoms with Crippen LogP contribution in [0.15, 0.2) is 48.5 Å². The second kappa shape index (κ2) is 10.8. The maximum atomic E-state index is 12.0. The van der Waals surface area contributed by atoms with Crippen molar-refractivity contribution in [3.8, 4) is 5.75 Å². The van der Waals surface area contributed by atoms with Gasteiger partial charge in [0.1, 0.15) is 11.6 Å². The highest BCUT2D eigenvalue weighted by Gasteiger charge is 2.05.